The molecule has 2 rings (SSSR count). The molecule has 0 aromatic carbocycles. The third-order valence-electron chi connectivity index (χ3n) is 4.12. The number of nitrogens with one attached hydrogen (secondary N) is 1. The minimum absolute atomic E-state index is 0. The van der Waals surface area contributed by atoms with Crippen LogP contribution in [-0.4, -0.2) is 50.3 Å². The Kier molecular flexibility index (Phi) is 8.17. The lowest BCUT2D eigenvalue weighted by Crippen LogP contribution is -2.43. The van der Waals surface area contributed by atoms with Gasteiger partial charge in [0.05, 0.1) is 6.61 Å². The fraction of sp³-hybridized carbons (Fsp3) is 0.933. The van der Waals surface area contributed by atoms with Crippen molar-refractivity contribution in [1.82, 2.24) is 10.2 Å². The molecule has 1 heterocycles. The first kappa shape index (κ1) is 18.0. The molecule has 0 amide bonds. The summed E-state index contributed by atoms with van der Waals surface area (Å²) in [5, 5.41) is 3.64. The molecule has 3 unspecified atom stereocenters. The Bertz CT molecular complexity index is 305. The average Bonchev–Trinajstić information content (AvgIpc) is 2.90. The van der Waals surface area contributed by atoms with Crippen molar-refractivity contribution < 1.29 is 4.74 Å². The molecule has 1 N–H and O–H groups in total. The number of nitrogens with zero attached hydrogens (tertiary/aromatic N) is 2. The molecule has 0 aromatic heterocycles. The minimum atomic E-state index is 0. The Morgan fingerprint density at radius 3 is 2.80 bits per heavy atom. The van der Waals surface area contributed by atoms with E-state index in [1.807, 2.05) is 0 Å². The Balaban J connectivity index is 0.00000200. The Hall–Kier alpha value is -0.0400. The van der Waals surface area contributed by atoms with E-state index in [-0.39, 0.29) is 24.0 Å². The van der Waals surface area contributed by atoms with Crippen molar-refractivity contribution in [1.29, 1.82) is 0 Å². The van der Waals surface area contributed by atoms with Crippen LogP contribution in [0.15, 0.2) is 4.99 Å². The SMILES string of the molecule is CCCC1CC1NC(=NCC)N(C)CC1CCOC1.I. The molecule has 118 valence electrons. The summed E-state index contributed by atoms with van der Waals surface area (Å²) >= 11 is 0. The van der Waals surface area contributed by atoms with Crippen LogP contribution in [0.3, 0.4) is 0 Å². The molecule has 0 spiro atoms. The molecule has 1 aliphatic heterocycles. The zero-order chi connectivity index (χ0) is 13.7. The molecule has 20 heavy (non-hydrogen) atoms. The highest BCUT2D eigenvalue weighted by Gasteiger charge is 2.37. The first-order valence-corrected chi connectivity index (χ1v) is 7.84. The quantitative estimate of drug-likeness (QED) is 0.427. The molecule has 1 saturated carbocycles. The van der Waals surface area contributed by atoms with Gasteiger partial charge in [-0.05, 0) is 32.1 Å². The van der Waals surface area contributed by atoms with E-state index in [1.54, 1.807) is 0 Å². The molecule has 0 radical (unpaired) electrons. The third kappa shape index (κ3) is 5.39. The highest BCUT2D eigenvalue weighted by molar-refractivity contribution is 14.0. The predicted molar refractivity (Wildman–Crippen MR) is 94.9 cm³/mol. The van der Waals surface area contributed by atoms with Crippen LogP contribution in [0.1, 0.15) is 39.5 Å². The summed E-state index contributed by atoms with van der Waals surface area (Å²) in [4.78, 5) is 6.91. The van der Waals surface area contributed by atoms with Gasteiger partial charge in [0, 0.05) is 38.7 Å². The predicted octanol–water partition coefficient (Wildman–Crippen LogP) is 2.73. The fourth-order valence-corrected chi connectivity index (χ4v) is 2.91. The zero-order valence-electron chi connectivity index (χ0n) is 13.1. The van der Waals surface area contributed by atoms with E-state index in [9.17, 15) is 0 Å². The van der Waals surface area contributed by atoms with E-state index in [0.29, 0.717) is 12.0 Å². The lowest BCUT2D eigenvalue weighted by atomic mass is 10.1. The van der Waals surface area contributed by atoms with Crippen LogP contribution in [0.2, 0.25) is 0 Å². The Morgan fingerprint density at radius 2 is 2.20 bits per heavy atom. The lowest BCUT2D eigenvalue weighted by Gasteiger charge is -2.25. The van der Waals surface area contributed by atoms with Crippen molar-refractivity contribution in [3.63, 3.8) is 0 Å². The normalized spacial score (nSPS) is 28.9. The van der Waals surface area contributed by atoms with Crippen molar-refractivity contribution in [2.75, 3.05) is 33.4 Å². The number of hydrogen-bond acceptors (Lipinski definition) is 2. The highest BCUT2D eigenvalue weighted by atomic mass is 127. The van der Waals surface area contributed by atoms with Crippen molar-refractivity contribution in [2.24, 2.45) is 16.8 Å². The summed E-state index contributed by atoms with van der Waals surface area (Å²) in [5.74, 6) is 2.62. The highest BCUT2D eigenvalue weighted by Crippen LogP contribution is 2.34. The van der Waals surface area contributed by atoms with Gasteiger partial charge in [0.1, 0.15) is 0 Å². The van der Waals surface area contributed by atoms with E-state index in [4.69, 9.17) is 4.74 Å². The van der Waals surface area contributed by atoms with E-state index < -0.39 is 0 Å². The number of aliphatic imine (C=N–C) groups is 1. The van der Waals surface area contributed by atoms with Gasteiger partial charge in [0.25, 0.3) is 0 Å². The molecule has 0 aromatic rings. The average molecular weight is 395 g/mol. The maximum absolute atomic E-state index is 5.45. The van der Waals surface area contributed by atoms with Gasteiger partial charge in [-0.1, -0.05) is 13.3 Å². The molecule has 0 bridgehead atoms. The van der Waals surface area contributed by atoms with Gasteiger partial charge in [-0.3, -0.25) is 4.99 Å². The number of halogens is 1. The maximum Gasteiger partial charge on any atom is 0.193 e. The van der Waals surface area contributed by atoms with E-state index in [1.165, 1.54) is 25.7 Å². The molecule has 1 aliphatic carbocycles. The summed E-state index contributed by atoms with van der Waals surface area (Å²) in [7, 11) is 2.15. The molecule has 2 aliphatic rings. The summed E-state index contributed by atoms with van der Waals surface area (Å²) < 4.78 is 5.45. The summed E-state index contributed by atoms with van der Waals surface area (Å²) in [5.41, 5.74) is 0. The van der Waals surface area contributed by atoms with Crippen LogP contribution in [0, 0.1) is 11.8 Å². The third-order valence-corrected chi connectivity index (χ3v) is 4.12. The molecular weight excluding hydrogens is 365 g/mol. The second kappa shape index (κ2) is 9.07. The van der Waals surface area contributed by atoms with Crippen molar-refractivity contribution in [2.45, 2.75) is 45.6 Å². The van der Waals surface area contributed by atoms with E-state index in [2.05, 4.69) is 36.1 Å². The molecule has 4 nitrogen and oxygen atoms in total. The van der Waals surface area contributed by atoms with Crippen molar-refractivity contribution in [3.8, 4) is 0 Å². The van der Waals surface area contributed by atoms with Crippen molar-refractivity contribution in [3.05, 3.63) is 0 Å². The van der Waals surface area contributed by atoms with Gasteiger partial charge < -0.3 is 15.0 Å². The fourth-order valence-electron chi connectivity index (χ4n) is 2.91. The molecule has 2 fully saturated rings. The van der Waals surface area contributed by atoms with E-state index >= 15 is 0 Å². The number of rotatable bonds is 6. The summed E-state index contributed by atoms with van der Waals surface area (Å²) in [6.07, 6.45) is 5.14. The van der Waals surface area contributed by atoms with Crippen LogP contribution >= 0.6 is 24.0 Å². The first-order chi connectivity index (χ1) is 9.24. The number of ether oxygens (including phenoxy) is 1. The molecule has 3 atom stereocenters. The van der Waals surface area contributed by atoms with Crippen LogP contribution in [0.4, 0.5) is 0 Å². The Labute approximate surface area is 140 Å². The van der Waals surface area contributed by atoms with Gasteiger partial charge in [-0.15, -0.1) is 24.0 Å². The number of guanidine groups is 1. The van der Waals surface area contributed by atoms with Gasteiger partial charge in [0.15, 0.2) is 5.96 Å². The summed E-state index contributed by atoms with van der Waals surface area (Å²) in [6, 6.07) is 0.660. The first-order valence-electron chi connectivity index (χ1n) is 7.84. The second-order valence-electron chi connectivity index (χ2n) is 5.94. The monoisotopic (exact) mass is 395 g/mol. The van der Waals surface area contributed by atoms with E-state index in [0.717, 1.165) is 38.2 Å². The second-order valence-corrected chi connectivity index (χ2v) is 5.94. The standard InChI is InChI=1S/C15H29N3O.HI/c1-4-6-13-9-14(13)17-15(16-5-2)18(3)10-12-7-8-19-11-12;/h12-14H,4-11H2,1-3H3,(H,16,17);1H. The lowest BCUT2D eigenvalue weighted by molar-refractivity contribution is 0.181. The van der Waals surface area contributed by atoms with Crippen LogP contribution < -0.4 is 5.32 Å². The maximum atomic E-state index is 5.45. The van der Waals surface area contributed by atoms with Gasteiger partial charge in [-0.25, -0.2) is 0 Å². The van der Waals surface area contributed by atoms with Crippen LogP contribution in [0.25, 0.3) is 0 Å². The largest absolute Gasteiger partial charge is 0.381 e. The molecule has 1 saturated heterocycles. The van der Waals surface area contributed by atoms with Gasteiger partial charge in [0.2, 0.25) is 0 Å². The molecular formula is C15H30IN3O. The smallest absolute Gasteiger partial charge is 0.193 e. The summed E-state index contributed by atoms with van der Waals surface area (Å²) in [6.45, 7) is 8.10. The van der Waals surface area contributed by atoms with Crippen LogP contribution in [-0.2, 0) is 4.74 Å². The minimum Gasteiger partial charge on any atom is -0.381 e. The number of hydrogen-bond donors (Lipinski definition) is 1. The van der Waals surface area contributed by atoms with Crippen molar-refractivity contribution >= 4 is 29.9 Å². The van der Waals surface area contributed by atoms with Crippen LogP contribution in [0.5, 0.6) is 0 Å². The molecule has 5 heteroatoms. The topological polar surface area (TPSA) is 36.9 Å². The van der Waals surface area contributed by atoms with Gasteiger partial charge >= 0.3 is 0 Å². The Morgan fingerprint density at radius 1 is 1.40 bits per heavy atom. The van der Waals surface area contributed by atoms with Gasteiger partial charge in [-0.2, -0.15) is 0 Å². The zero-order valence-corrected chi connectivity index (χ0v) is 15.4.